The first-order chi connectivity index (χ1) is 12.7. The molecule has 1 saturated heterocycles. The number of amides is 1. The zero-order valence-corrected chi connectivity index (χ0v) is 16.0. The number of hydrogen-bond donors (Lipinski definition) is 1. The van der Waals surface area contributed by atoms with E-state index in [-0.39, 0.29) is 5.91 Å². The molecule has 1 aliphatic rings. The second-order valence-corrected chi connectivity index (χ2v) is 7.99. The Kier molecular flexibility index (Phi) is 5.09. The van der Waals surface area contributed by atoms with Gasteiger partial charge < -0.3 is 14.8 Å². The maximum absolute atomic E-state index is 12.8. The maximum atomic E-state index is 12.8. The van der Waals surface area contributed by atoms with E-state index in [1.807, 2.05) is 6.07 Å². The molecule has 4 rings (SSSR count). The van der Waals surface area contributed by atoms with Gasteiger partial charge >= 0.3 is 0 Å². The molecule has 1 N–H and O–H groups in total. The Hall–Kier alpha value is -2.11. The summed E-state index contributed by atoms with van der Waals surface area (Å²) in [5.74, 6) is 0.0280. The molecule has 0 aliphatic carbocycles. The van der Waals surface area contributed by atoms with Crippen LogP contribution in [0.2, 0.25) is 0 Å². The van der Waals surface area contributed by atoms with E-state index in [4.69, 9.17) is 0 Å². The Morgan fingerprint density at radius 3 is 2.85 bits per heavy atom. The van der Waals surface area contributed by atoms with Gasteiger partial charge in [-0.25, -0.2) is 0 Å². The first-order valence-corrected chi connectivity index (χ1v) is 10.2. The zero-order chi connectivity index (χ0) is 17.9. The first-order valence-electron chi connectivity index (χ1n) is 9.33. The Balaban J connectivity index is 1.52. The average Bonchev–Trinajstić information content (AvgIpc) is 3.34. The van der Waals surface area contributed by atoms with Gasteiger partial charge in [-0.15, -0.1) is 11.3 Å². The van der Waals surface area contributed by atoms with E-state index in [0.29, 0.717) is 6.54 Å². The van der Waals surface area contributed by atoms with Crippen molar-refractivity contribution < 1.29 is 4.79 Å². The van der Waals surface area contributed by atoms with Crippen molar-refractivity contribution in [1.82, 2.24) is 14.8 Å². The molecular formula is C21H25N3OS. The van der Waals surface area contributed by atoms with E-state index in [9.17, 15) is 4.79 Å². The van der Waals surface area contributed by atoms with E-state index in [1.165, 1.54) is 24.0 Å². The highest BCUT2D eigenvalue weighted by Crippen LogP contribution is 2.26. The lowest BCUT2D eigenvalue weighted by Gasteiger charge is -2.15. The predicted octanol–water partition coefficient (Wildman–Crippen LogP) is 3.89. The summed E-state index contributed by atoms with van der Waals surface area (Å²) < 4.78 is 2.15. The average molecular weight is 368 g/mol. The molecule has 0 spiro atoms. The Morgan fingerprint density at radius 2 is 2.04 bits per heavy atom. The van der Waals surface area contributed by atoms with Crippen LogP contribution in [-0.2, 0) is 6.54 Å². The van der Waals surface area contributed by atoms with Crippen molar-refractivity contribution in [2.45, 2.75) is 26.3 Å². The quantitative estimate of drug-likeness (QED) is 0.718. The number of rotatable bonds is 6. The molecule has 1 aliphatic heterocycles. The summed E-state index contributed by atoms with van der Waals surface area (Å²) >= 11 is 1.69. The number of benzene rings is 1. The number of thiophene rings is 1. The summed E-state index contributed by atoms with van der Waals surface area (Å²) in [6.45, 7) is 6.80. The summed E-state index contributed by atoms with van der Waals surface area (Å²) in [7, 11) is 0. The van der Waals surface area contributed by atoms with Crippen LogP contribution in [0.25, 0.3) is 10.2 Å². The van der Waals surface area contributed by atoms with Crippen molar-refractivity contribution in [3.05, 3.63) is 58.6 Å². The number of nitrogens with one attached hydrogen (secondary N) is 1. The fourth-order valence-corrected chi connectivity index (χ4v) is 4.63. The van der Waals surface area contributed by atoms with E-state index in [0.717, 1.165) is 42.1 Å². The van der Waals surface area contributed by atoms with Gasteiger partial charge in [0.2, 0.25) is 0 Å². The number of aromatic nitrogens is 1. The minimum absolute atomic E-state index is 0.0280. The molecule has 0 atom stereocenters. The number of likely N-dealkylation sites (tertiary alicyclic amines) is 1. The second kappa shape index (κ2) is 7.64. The smallest absolute Gasteiger partial charge is 0.268 e. The molecule has 136 valence electrons. The fraction of sp³-hybridized carbons (Fsp3) is 0.381. The highest BCUT2D eigenvalue weighted by molar-refractivity contribution is 7.16. The molecule has 1 amide bonds. The van der Waals surface area contributed by atoms with Crippen LogP contribution in [0.5, 0.6) is 0 Å². The number of carbonyl (C=O) groups is 1. The molecule has 26 heavy (non-hydrogen) atoms. The van der Waals surface area contributed by atoms with Crippen LogP contribution in [0.4, 0.5) is 0 Å². The van der Waals surface area contributed by atoms with Crippen molar-refractivity contribution >= 4 is 27.5 Å². The topological polar surface area (TPSA) is 37.3 Å². The monoisotopic (exact) mass is 367 g/mol. The van der Waals surface area contributed by atoms with Crippen molar-refractivity contribution in [2.24, 2.45) is 0 Å². The van der Waals surface area contributed by atoms with Crippen LogP contribution in [0, 0.1) is 6.92 Å². The minimum Gasteiger partial charge on any atom is -0.349 e. The van der Waals surface area contributed by atoms with Crippen LogP contribution in [0.3, 0.4) is 0 Å². The van der Waals surface area contributed by atoms with Crippen molar-refractivity contribution in [3.63, 3.8) is 0 Å². The summed E-state index contributed by atoms with van der Waals surface area (Å²) in [5.41, 5.74) is 3.23. The molecule has 0 unspecified atom stereocenters. The molecule has 2 aromatic heterocycles. The van der Waals surface area contributed by atoms with E-state index in [1.54, 1.807) is 11.3 Å². The van der Waals surface area contributed by atoms with Gasteiger partial charge in [-0.3, -0.25) is 4.79 Å². The van der Waals surface area contributed by atoms with Crippen LogP contribution >= 0.6 is 11.3 Å². The van der Waals surface area contributed by atoms with Crippen LogP contribution in [-0.4, -0.2) is 41.6 Å². The van der Waals surface area contributed by atoms with Crippen molar-refractivity contribution in [2.75, 3.05) is 26.2 Å². The molecule has 1 fully saturated rings. The van der Waals surface area contributed by atoms with E-state index in [2.05, 4.69) is 57.4 Å². The van der Waals surface area contributed by atoms with Crippen molar-refractivity contribution in [3.8, 4) is 0 Å². The highest BCUT2D eigenvalue weighted by Gasteiger charge is 2.17. The molecule has 4 nitrogen and oxygen atoms in total. The second-order valence-electron chi connectivity index (χ2n) is 7.09. The minimum atomic E-state index is 0.0280. The molecule has 5 heteroatoms. The van der Waals surface area contributed by atoms with Crippen LogP contribution in [0.1, 0.15) is 34.5 Å². The number of hydrogen-bond acceptors (Lipinski definition) is 3. The van der Waals surface area contributed by atoms with Crippen LogP contribution < -0.4 is 5.32 Å². The largest absolute Gasteiger partial charge is 0.349 e. The normalized spacial score (nSPS) is 15.0. The summed E-state index contributed by atoms with van der Waals surface area (Å²) in [4.78, 5) is 16.4. The number of aryl methyl sites for hydroxylation is 1. The highest BCUT2D eigenvalue weighted by atomic mass is 32.1. The number of fused-ring (bicyclic) bond motifs is 1. The molecule has 0 saturated carbocycles. The van der Waals surface area contributed by atoms with Gasteiger partial charge in [0.05, 0.1) is 0 Å². The van der Waals surface area contributed by atoms with Crippen molar-refractivity contribution in [1.29, 1.82) is 0 Å². The van der Waals surface area contributed by atoms with Gasteiger partial charge in [0.1, 0.15) is 10.5 Å². The number of carbonyl (C=O) groups excluding carboxylic acids is 1. The maximum Gasteiger partial charge on any atom is 0.268 e. The summed E-state index contributed by atoms with van der Waals surface area (Å²) in [5, 5.41) is 6.35. The van der Waals surface area contributed by atoms with Crippen LogP contribution in [0.15, 0.2) is 41.8 Å². The predicted molar refractivity (Wildman–Crippen MR) is 108 cm³/mol. The lowest BCUT2D eigenvalue weighted by Crippen LogP contribution is -2.34. The van der Waals surface area contributed by atoms with Gasteiger partial charge in [0.15, 0.2) is 0 Å². The molecule has 0 radical (unpaired) electrons. The lowest BCUT2D eigenvalue weighted by atomic mass is 10.1. The zero-order valence-electron chi connectivity index (χ0n) is 15.2. The SMILES string of the molecule is Cc1cccc(Cn2c(C(=O)NCCN3CCCC3)cc3ccsc32)c1. The molecule has 1 aromatic carbocycles. The number of nitrogens with zero attached hydrogens (tertiary/aromatic N) is 2. The standard InChI is InChI=1S/C21H25N3OS/c1-16-5-4-6-17(13-16)15-24-19(14-18-7-12-26-21(18)24)20(25)22-8-11-23-9-2-3-10-23/h4-7,12-14H,2-3,8-11,15H2,1H3,(H,22,25). The van der Waals surface area contributed by atoms with E-state index >= 15 is 0 Å². The van der Waals surface area contributed by atoms with Gasteiger partial charge in [-0.2, -0.15) is 0 Å². The van der Waals surface area contributed by atoms with Gasteiger partial charge in [-0.05, 0) is 55.9 Å². The summed E-state index contributed by atoms with van der Waals surface area (Å²) in [6.07, 6.45) is 2.56. The first kappa shape index (κ1) is 17.3. The Labute approximate surface area is 158 Å². The van der Waals surface area contributed by atoms with Gasteiger partial charge in [0.25, 0.3) is 5.91 Å². The molecule has 3 aromatic rings. The van der Waals surface area contributed by atoms with Gasteiger partial charge in [-0.1, -0.05) is 29.8 Å². The third-order valence-electron chi connectivity index (χ3n) is 5.07. The molecule has 0 bridgehead atoms. The summed E-state index contributed by atoms with van der Waals surface area (Å²) in [6, 6.07) is 12.6. The fourth-order valence-electron chi connectivity index (χ4n) is 3.74. The van der Waals surface area contributed by atoms with Gasteiger partial charge in [0, 0.05) is 25.0 Å². The molecular weight excluding hydrogens is 342 g/mol. The Bertz CT molecular complexity index is 905. The molecule has 3 heterocycles. The van der Waals surface area contributed by atoms with E-state index < -0.39 is 0 Å². The third-order valence-corrected chi connectivity index (χ3v) is 6.02. The Morgan fingerprint density at radius 1 is 1.19 bits per heavy atom. The lowest BCUT2D eigenvalue weighted by molar-refractivity contribution is 0.0941. The third kappa shape index (κ3) is 3.69.